The van der Waals surface area contributed by atoms with E-state index in [1.54, 1.807) is 34.0 Å². The summed E-state index contributed by atoms with van der Waals surface area (Å²) in [6, 6.07) is 3.62. The first-order valence-electron chi connectivity index (χ1n) is 7.45. The maximum atomic E-state index is 11.9. The van der Waals surface area contributed by atoms with Crippen molar-refractivity contribution in [3.63, 3.8) is 0 Å². The van der Waals surface area contributed by atoms with Gasteiger partial charge in [0.1, 0.15) is 0 Å². The number of ether oxygens (including phenoxy) is 3. The molecule has 0 saturated carbocycles. The highest BCUT2D eigenvalue weighted by atomic mass is 16.7. The quantitative estimate of drug-likeness (QED) is 0.624. The molecular weight excluding hydrogens is 298 g/mol. The molecule has 0 heterocycles. The minimum Gasteiger partial charge on any atom is -0.434 e. The Morgan fingerprint density at radius 1 is 1.13 bits per heavy atom. The van der Waals surface area contributed by atoms with Crippen molar-refractivity contribution in [1.29, 1.82) is 0 Å². The lowest BCUT2D eigenvalue weighted by Gasteiger charge is -2.23. The van der Waals surface area contributed by atoms with Gasteiger partial charge in [-0.15, -0.1) is 0 Å². The van der Waals surface area contributed by atoms with Gasteiger partial charge < -0.3 is 19.1 Å². The van der Waals surface area contributed by atoms with Gasteiger partial charge >= 0.3 is 12.2 Å². The summed E-state index contributed by atoms with van der Waals surface area (Å²) in [5.41, 5.74) is 1.51. The van der Waals surface area contributed by atoms with Gasteiger partial charge in [0.25, 0.3) is 0 Å². The molecule has 128 valence electrons. The lowest BCUT2D eigenvalue weighted by atomic mass is 9.86. The normalized spacial score (nSPS) is 10.9. The van der Waals surface area contributed by atoms with Gasteiger partial charge in [-0.25, -0.2) is 9.59 Å². The highest BCUT2D eigenvalue weighted by Gasteiger charge is 2.23. The molecule has 0 saturated heterocycles. The second kappa shape index (κ2) is 7.35. The smallest absolute Gasteiger partial charge is 0.434 e. The third-order valence-corrected chi connectivity index (χ3v) is 3.12. The minimum atomic E-state index is -0.832. The molecule has 1 aromatic rings. The number of aryl methyl sites for hydroxylation is 1. The summed E-state index contributed by atoms with van der Waals surface area (Å²) in [6.45, 7) is 9.81. The third kappa shape index (κ3) is 5.16. The summed E-state index contributed by atoms with van der Waals surface area (Å²) in [4.78, 5) is 24.8. The molecule has 0 radical (unpaired) electrons. The molecule has 0 aliphatic carbocycles. The Balaban J connectivity index is 3.30. The fourth-order valence-electron chi connectivity index (χ4n) is 1.80. The summed E-state index contributed by atoms with van der Waals surface area (Å²) >= 11 is 0. The lowest BCUT2D eigenvalue weighted by molar-refractivity contribution is 0.102. The zero-order chi connectivity index (χ0) is 17.8. The Labute approximate surface area is 137 Å². The standard InChI is InChI=1S/C17H25NO5/c1-8-21-16(20)23-14-11(2)9-12(17(3,4)5)10-13(14)22-15(19)18(6)7/h9-10H,8H2,1-7H3. The van der Waals surface area contributed by atoms with Crippen LogP contribution in [0.5, 0.6) is 11.5 Å². The van der Waals surface area contributed by atoms with Crippen molar-refractivity contribution in [3.05, 3.63) is 23.3 Å². The van der Waals surface area contributed by atoms with Crippen LogP contribution in [0.3, 0.4) is 0 Å². The van der Waals surface area contributed by atoms with Crippen molar-refractivity contribution in [1.82, 2.24) is 4.90 Å². The largest absolute Gasteiger partial charge is 0.513 e. The van der Waals surface area contributed by atoms with Gasteiger partial charge in [0, 0.05) is 14.1 Å². The van der Waals surface area contributed by atoms with Crippen LogP contribution in [0.25, 0.3) is 0 Å². The molecule has 6 nitrogen and oxygen atoms in total. The first-order chi connectivity index (χ1) is 10.6. The molecule has 0 unspecified atom stereocenters. The molecule has 1 rings (SSSR count). The van der Waals surface area contributed by atoms with Gasteiger partial charge in [-0.05, 0) is 36.5 Å². The molecule has 0 aliphatic rings. The monoisotopic (exact) mass is 323 g/mol. The second-order valence-electron chi connectivity index (χ2n) is 6.42. The van der Waals surface area contributed by atoms with Crippen molar-refractivity contribution >= 4 is 12.2 Å². The molecule has 0 aliphatic heterocycles. The number of carbonyl (C=O) groups excluding carboxylic acids is 2. The lowest BCUT2D eigenvalue weighted by Crippen LogP contribution is -2.26. The summed E-state index contributed by atoms with van der Waals surface area (Å²) in [6.07, 6.45) is -1.38. The number of hydrogen-bond donors (Lipinski definition) is 0. The average Bonchev–Trinajstić information content (AvgIpc) is 2.41. The molecule has 0 spiro atoms. The van der Waals surface area contributed by atoms with E-state index in [9.17, 15) is 9.59 Å². The topological polar surface area (TPSA) is 65.1 Å². The van der Waals surface area contributed by atoms with Crippen LogP contribution in [-0.4, -0.2) is 37.9 Å². The van der Waals surface area contributed by atoms with Gasteiger partial charge in [0.2, 0.25) is 0 Å². The molecule has 0 fully saturated rings. The summed E-state index contributed by atoms with van der Waals surface area (Å²) in [5, 5.41) is 0. The van der Waals surface area contributed by atoms with Crippen LogP contribution in [0.1, 0.15) is 38.8 Å². The van der Waals surface area contributed by atoms with Gasteiger partial charge in [-0.3, -0.25) is 0 Å². The number of benzene rings is 1. The molecule has 23 heavy (non-hydrogen) atoms. The van der Waals surface area contributed by atoms with Crippen LogP contribution < -0.4 is 9.47 Å². The molecule has 0 aromatic heterocycles. The number of carbonyl (C=O) groups is 2. The second-order valence-corrected chi connectivity index (χ2v) is 6.42. The summed E-state index contributed by atoms with van der Waals surface area (Å²) in [7, 11) is 3.16. The van der Waals surface area contributed by atoms with E-state index in [1.807, 2.05) is 26.8 Å². The third-order valence-electron chi connectivity index (χ3n) is 3.12. The maximum absolute atomic E-state index is 11.9. The van der Waals surface area contributed by atoms with E-state index in [0.717, 1.165) is 5.56 Å². The zero-order valence-electron chi connectivity index (χ0n) is 14.9. The van der Waals surface area contributed by atoms with Crippen molar-refractivity contribution in [2.75, 3.05) is 20.7 Å². The van der Waals surface area contributed by atoms with E-state index in [-0.39, 0.29) is 23.5 Å². The number of nitrogens with zero attached hydrogens (tertiary/aromatic N) is 1. The predicted octanol–water partition coefficient (Wildman–Crippen LogP) is 3.89. The van der Waals surface area contributed by atoms with E-state index in [1.165, 1.54) is 4.90 Å². The highest BCUT2D eigenvalue weighted by Crippen LogP contribution is 2.37. The average molecular weight is 323 g/mol. The highest BCUT2D eigenvalue weighted by molar-refractivity contribution is 5.73. The Morgan fingerprint density at radius 3 is 2.22 bits per heavy atom. The first kappa shape index (κ1) is 18.8. The van der Waals surface area contributed by atoms with Crippen LogP contribution in [0.15, 0.2) is 12.1 Å². The van der Waals surface area contributed by atoms with Crippen molar-refractivity contribution in [3.8, 4) is 11.5 Å². The summed E-state index contributed by atoms with van der Waals surface area (Å²) in [5.74, 6) is 0.383. The molecule has 0 bridgehead atoms. The first-order valence-corrected chi connectivity index (χ1v) is 7.45. The molecule has 0 atom stereocenters. The molecule has 6 heteroatoms. The molecule has 1 aromatic carbocycles. The van der Waals surface area contributed by atoms with Crippen LogP contribution in [0.4, 0.5) is 9.59 Å². The van der Waals surface area contributed by atoms with Gasteiger partial charge in [-0.2, -0.15) is 0 Å². The summed E-state index contributed by atoms with van der Waals surface area (Å²) < 4.78 is 15.4. The number of rotatable bonds is 3. The fraction of sp³-hybridized carbons (Fsp3) is 0.529. The van der Waals surface area contributed by atoms with Crippen molar-refractivity contribution in [2.45, 2.75) is 40.0 Å². The Hall–Kier alpha value is -2.24. The molecule has 0 N–H and O–H groups in total. The van der Waals surface area contributed by atoms with Crippen LogP contribution in [0.2, 0.25) is 0 Å². The van der Waals surface area contributed by atoms with E-state index in [0.29, 0.717) is 5.56 Å². The zero-order valence-corrected chi connectivity index (χ0v) is 14.9. The Kier molecular flexibility index (Phi) is 6.01. The molecule has 1 amide bonds. The SMILES string of the molecule is CCOC(=O)Oc1c(C)cc(C(C)(C)C)cc1OC(=O)N(C)C. The molecular formula is C17H25NO5. The van der Waals surface area contributed by atoms with Gasteiger partial charge in [0.15, 0.2) is 11.5 Å². The van der Waals surface area contributed by atoms with Crippen LogP contribution in [-0.2, 0) is 10.2 Å². The van der Waals surface area contributed by atoms with E-state index >= 15 is 0 Å². The Morgan fingerprint density at radius 2 is 1.74 bits per heavy atom. The van der Waals surface area contributed by atoms with Crippen molar-refractivity contribution in [2.24, 2.45) is 0 Å². The predicted molar refractivity (Wildman–Crippen MR) is 87.2 cm³/mol. The van der Waals surface area contributed by atoms with E-state index in [2.05, 4.69) is 0 Å². The van der Waals surface area contributed by atoms with Crippen LogP contribution in [0, 0.1) is 6.92 Å². The number of hydrogen-bond acceptors (Lipinski definition) is 5. The Bertz CT molecular complexity index is 587. The number of amides is 1. The van der Waals surface area contributed by atoms with Crippen molar-refractivity contribution < 1.29 is 23.8 Å². The minimum absolute atomic E-state index is 0.146. The fourth-order valence-corrected chi connectivity index (χ4v) is 1.80. The van der Waals surface area contributed by atoms with Crippen LogP contribution >= 0.6 is 0 Å². The van der Waals surface area contributed by atoms with E-state index < -0.39 is 12.2 Å². The maximum Gasteiger partial charge on any atom is 0.513 e. The van der Waals surface area contributed by atoms with Gasteiger partial charge in [-0.1, -0.05) is 26.8 Å². The van der Waals surface area contributed by atoms with E-state index in [4.69, 9.17) is 14.2 Å². The van der Waals surface area contributed by atoms with Gasteiger partial charge in [0.05, 0.1) is 6.61 Å².